The number of carbonyl (C=O) groups is 1. The second-order valence-corrected chi connectivity index (χ2v) is 3.14. The van der Waals surface area contributed by atoms with Gasteiger partial charge in [-0.25, -0.2) is 4.79 Å². The van der Waals surface area contributed by atoms with Crippen molar-refractivity contribution in [3.05, 3.63) is 0 Å². The summed E-state index contributed by atoms with van der Waals surface area (Å²) in [5, 5.41) is 0. The fourth-order valence-corrected chi connectivity index (χ4v) is 1.82. The Bertz CT molecular complexity index is 167. The molecule has 3 nitrogen and oxygen atoms in total. The summed E-state index contributed by atoms with van der Waals surface area (Å²) in [6.45, 7) is 9.94. The molecule has 84 valence electrons. The molecule has 0 spiro atoms. The van der Waals surface area contributed by atoms with Crippen LogP contribution in [0.2, 0.25) is 0 Å². The molecule has 0 aromatic carbocycles. The van der Waals surface area contributed by atoms with E-state index in [1.54, 1.807) is 0 Å². The molecule has 0 aliphatic carbocycles. The van der Waals surface area contributed by atoms with E-state index in [9.17, 15) is 4.79 Å². The number of rotatable bonds is 0. The summed E-state index contributed by atoms with van der Waals surface area (Å²) in [5.74, 6) is 0. The highest BCUT2D eigenvalue weighted by atomic mass is 16.2. The number of fused-ring (bicyclic) bond motifs is 2. The van der Waals surface area contributed by atoms with Gasteiger partial charge in [0.2, 0.25) is 0 Å². The summed E-state index contributed by atoms with van der Waals surface area (Å²) in [6, 6.07) is 0.740. The molecule has 0 aromatic rings. The maximum Gasteiger partial charge on any atom is 0.320 e. The molecule has 2 saturated heterocycles. The smallest absolute Gasteiger partial charge is 0.320 e. The zero-order valence-corrected chi connectivity index (χ0v) is 10.2. The van der Waals surface area contributed by atoms with Gasteiger partial charge >= 0.3 is 6.03 Å². The molecule has 2 fully saturated rings. The zero-order valence-electron chi connectivity index (χ0n) is 10.2. The Balaban J connectivity index is 0.000000379. The molecule has 2 aliphatic heterocycles. The van der Waals surface area contributed by atoms with E-state index >= 15 is 0 Å². The van der Waals surface area contributed by atoms with E-state index < -0.39 is 0 Å². The first-order valence-electron chi connectivity index (χ1n) is 5.81. The Morgan fingerprint density at radius 3 is 2.21 bits per heavy atom. The van der Waals surface area contributed by atoms with Crippen molar-refractivity contribution in [1.29, 1.82) is 0 Å². The Hall–Kier alpha value is -0.730. The van der Waals surface area contributed by atoms with Gasteiger partial charge in [0.1, 0.15) is 0 Å². The van der Waals surface area contributed by atoms with Crippen molar-refractivity contribution >= 4 is 6.03 Å². The molecular weight excluding hydrogens is 176 g/mol. The third-order valence-corrected chi connectivity index (χ3v) is 2.52. The minimum Gasteiger partial charge on any atom is -0.323 e. The summed E-state index contributed by atoms with van der Waals surface area (Å²) in [4.78, 5) is 15.0. The maximum atomic E-state index is 11.2. The minimum atomic E-state index is 0.225. The second-order valence-electron chi connectivity index (χ2n) is 3.14. The number of amides is 2. The largest absolute Gasteiger partial charge is 0.323 e. The molecule has 1 atom stereocenters. The molecule has 0 N–H and O–H groups in total. The van der Waals surface area contributed by atoms with E-state index in [0.29, 0.717) is 6.04 Å². The highest BCUT2D eigenvalue weighted by Crippen LogP contribution is 2.22. The molecule has 2 heterocycles. The van der Waals surface area contributed by atoms with Crippen LogP contribution in [0.25, 0.3) is 0 Å². The van der Waals surface area contributed by atoms with Crippen LogP contribution in [0.15, 0.2) is 0 Å². The van der Waals surface area contributed by atoms with Gasteiger partial charge in [-0.15, -0.1) is 0 Å². The minimum absolute atomic E-state index is 0.225. The quantitative estimate of drug-likeness (QED) is 0.589. The Morgan fingerprint density at radius 1 is 1.21 bits per heavy atom. The average molecular weight is 200 g/mol. The fraction of sp³-hybridized carbons (Fsp3) is 0.909. The Labute approximate surface area is 88.1 Å². The van der Waals surface area contributed by atoms with E-state index in [0.717, 1.165) is 13.1 Å². The molecule has 0 aromatic heterocycles. The van der Waals surface area contributed by atoms with Crippen LogP contribution < -0.4 is 0 Å². The number of piperidine rings is 1. The third kappa shape index (κ3) is 2.63. The van der Waals surface area contributed by atoms with Crippen molar-refractivity contribution in [2.45, 2.75) is 46.6 Å². The molecule has 2 rings (SSSR count). The number of nitrogens with zero attached hydrogens (tertiary/aromatic N) is 2. The lowest BCUT2D eigenvalue weighted by atomic mass is 10.1. The first kappa shape index (κ1) is 13.3. The lowest BCUT2D eigenvalue weighted by molar-refractivity contribution is 0.200. The van der Waals surface area contributed by atoms with Gasteiger partial charge < -0.3 is 9.80 Å². The van der Waals surface area contributed by atoms with E-state index in [1.165, 1.54) is 12.8 Å². The molecular formula is C11H24N2O. The molecule has 2 bridgehead atoms. The van der Waals surface area contributed by atoms with Crippen LogP contribution in [0.5, 0.6) is 0 Å². The first-order chi connectivity index (χ1) is 6.79. The van der Waals surface area contributed by atoms with Crippen molar-refractivity contribution in [3.63, 3.8) is 0 Å². The van der Waals surface area contributed by atoms with Gasteiger partial charge in [0.15, 0.2) is 0 Å². The summed E-state index contributed by atoms with van der Waals surface area (Å²) in [7, 11) is 1.90. The van der Waals surface area contributed by atoms with Crippen LogP contribution in [-0.4, -0.2) is 42.0 Å². The van der Waals surface area contributed by atoms with Gasteiger partial charge in [0, 0.05) is 20.1 Å². The van der Waals surface area contributed by atoms with Gasteiger partial charge in [0.05, 0.1) is 6.04 Å². The highest BCUT2D eigenvalue weighted by Gasteiger charge is 2.36. The third-order valence-electron chi connectivity index (χ3n) is 2.52. The molecule has 0 saturated carbocycles. The summed E-state index contributed by atoms with van der Waals surface area (Å²) in [6.07, 6.45) is 2.37. The molecule has 2 amide bonds. The molecule has 1 unspecified atom stereocenters. The predicted octanol–water partition coefficient (Wildman–Crippen LogP) is 2.57. The van der Waals surface area contributed by atoms with Crippen LogP contribution >= 0.6 is 0 Å². The van der Waals surface area contributed by atoms with Crippen molar-refractivity contribution in [2.75, 3.05) is 20.1 Å². The maximum absolute atomic E-state index is 11.2. The van der Waals surface area contributed by atoms with Crippen molar-refractivity contribution < 1.29 is 4.79 Å². The number of likely N-dealkylation sites (N-methyl/N-ethyl adjacent to an activating group) is 1. The second kappa shape index (κ2) is 6.68. The summed E-state index contributed by atoms with van der Waals surface area (Å²) >= 11 is 0. The normalized spacial score (nSPS) is 23.5. The monoisotopic (exact) mass is 200 g/mol. The first-order valence-corrected chi connectivity index (χ1v) is 5.81. The number of hydrogen-bond donors (Lipinski definition) is 0. The summed E-state index contributed by atoms with van der Waals surface area (Å²) < 4.78 is 0. The predicted molar refractivity (Wildman–Crippen MR) is 60.5 cm³/mol. The summed E-state index contributed by atoms with van der Waals surface area (Å²) in [5.41, 5.74) is 0. The molecule has 2 aliphatic rings. The number of hydrogen-bond acceptors (Lipinski definition) is 1. The van der Waals surface area contributed by atoms with Gasteiger partial charge in [-0.2, -0.15) is 0 Å². The molecule has 3 heteroatoms. The van der Waals surface area contributed by atoms with Crippen molar-refractivity contribution in [3.8, 4) is 0 Å². The van der Waals surface area contributed by atoms with E-state index in [4.69, 9.17) is 0 Å². The zero-order chi connectivity index (χ0) is 11.1. The number of carbonyl (C=O) groups excluding carboxylic acids is 1. The van der Waals surface area contributed by atoms with Crippen LogP contribution in [0.1, 0.15) is 40.5 Å². The fourth-order valence-electron chi connectivity index (χ4n) is 1.82. The van der Waals surface area contributed by atoms with Crippen LogP contribution in [0.3, 0.4) is 0 Å². The molecule has 0 radical (unpaired) electrons. The SMILES string of the molecule is CC.CC.CN1C(=O)N2CCCC1C2. The Kier molecular flexibility index (Phi) is 6.34. The average Bonchev–Trinajstić information content (AvgIpc) is 2.49. The lowest BCUT2D eigenvalue weighted by Gasteiger charge is -2.20. The van der Waals surface area contributed by atoms with Gasteiger partial charge in [-0.1, -0.05) is 27.7 Å². The van der Waals surface area contributed by atoms with Crippen LogP contribution in [-0.2, 0) is 0 Å². The van der Waals surface area contributed by atoms with E-state index in [-0.39, 0.29) is 6.03 Å². The van der Waals surface area contributed by atoms with E-state index in [2.05, 4.69) is 0 Å². The standard InChI is InChI=1S/C7H12N2O.2C2H6/c1-8-6-3-2-4-9(5-6)7(8)10;2*1-2/h6H,2-5H2,1H3;2*1-2H3. The highest BCUT2D eigenvalue weighted by molar-refractivity contribution is 5.77. The number of urea groups is 1. The van der Waals surface area contributed by atoms with Gasteiger partial charge in [-0.3, -0.25) is 0 Å². The van der Waals surface area contributed by atoms with Gasteiger partial charge in [0.25, 0.3) is 0 Å². The molecule has 14 heavy (non-hydrogen) atoms. The van der Waals surface area contributed by atoms with Crippen molar-refractivity contribution in [1.82, 2.24) is 9.80 Å². The van der Waals surface area contributed by atoms with Gasteiger partial charge in [-0.05, 0) is 12.8 Å². The van der Waals surface area contributed by atoms with E-state index in [1.807, 2.05) is 44.5 Å². The van der Waals surface area contributed by atoms with Crippen LogP contribution in [0.4, 0.5) is 4.79 Å². The van der Waals surface area contributed by atoms with Crippen LogP contribution in [0, 0.1) is 0 Å². The topological polar surface area (TPSA) is 23.6 Å². The lowest BCUT2D eigenvalue weighted by Crippen LogP contribution is -2.30. The van der Waals surface area contributed by atoms with Crippen molar-refractivity contribution in [2.24, 2.45) is 0 Å². The Morgan fingerprint density at radius 2 is 1.79 bits per heavy atom.